The second-order valence-corrected chi connectivity index (χ2v) is 7.55. The highest BCUT2D eigenvalue weighted by Gasteiger charge is 2.25. The first-order chi connectivity index (χ1) is 15.8. The average molecular weight is 458 g/mol. The summed E-state index contributed by atoms with van der Waals surface area (Å²) in [5, 5.41) is 8.23. The highest BCUT2D eigenvalue weighted by molar-refractivity contribution is 6.01. The standard InChI is InChI=1S/C24H31N3O6/c1-6-25-21(28)14-33-18-9-7-17(8-10-18)26-24(30)22(15(2)3)27-23(29)16-11-19(31-4)13-20(12-16)32-5/h7-13,15,22H,6,14H2,1-5H3,(H,25,28)(H,26,30)(H,27,29). The number of carbonyl (C=O) groups is 3. The van der Waals surface area contributed by atoms with E-state index in [-0.39, 0.29) is 24.3 Å². The first-order valence-corrected chi connectivity index (χ1v) is 10.6. The molecule has 2 aromatic carbocycles. The zero-order valence-corrected chi connectivity index (χ0v) is 19.6. The summed E-state index contributed by atoms with van der Waals surface area (Å²) in [6.07, 6.45) is 0. The van der Waals surface area contributed by atoms with E-state index in [1.165, 1.54) is 14.2 Å². The molecule has 0 saturated heterocycles. The molecule has 0 heterocycles. The van der Waals surface area contributed by atoms with Crippen LogP contribution in [0.3, 0.4) is 0 Å². The van der Waals surface area contributed by atoms with Gasteiger partial charge in [0.05, 0.1) is 14.2 Å². The van der Waals surface area contributed by atoms with E-state index in [0.717, 1.165) is 0 Å². The van der Waals surface area contributed by atoms with Gasteiger partial charge in [-0.25, -0.2) is 0 Å². The summed E-state index contributed by atoms with van der Waals surface area (Å²) in [5.74, 6) is 0.290. The third kappa shape index (κ3) is 7.71. The molecule has 0 aliphatic carbocycles. The predicted octanol–water partition coefficient (Wildman–Crippen LogP) is 2.61. The van der Waals surface area contributed by atoms with E-state index in [9.17, 15) is 14.4 Å². The number of hydrogen-bond acceptors (Lipinski definition) is 6. The van der Waals surface area contributed by atoms with Crippen LogP contribution in [0, 0.1) is 5.92 Å². The smallest absolute Gasteiger partial charge is 0.257 e. The molecule has 9 heteroatoms. The highest BCUT2D eigenvalue weighted by Crippen LogP contribution is 2.23. The van der Waals surface area contributed by atoms with Crippen LogP contribution in [0.5, 0.6) is 17.2 Å². The Hall–Kier alpha value is -3.75. The van der Waals surface area contributed by atoms with E-state index in [0.29, 0.717) is 35.0 Å². The van der Waals surface area contributed by atoms with Crippen molar-refractivity contribution in [3.63, 3.8) is 0 Å². The third-order valence-electron chi connectivity index (χ3n) is 4.72. The number of likely N-dealkylation sites (N-methyl/N-ethyl adjacent to an activating group) is 1. The van der Waals surface area contributed by atoms with Gasteiger partial charge in [0.15, 0.2) is 6.61 Å². The highest BCUT2D eigenvalue weighted by atomic mass is 16.5. The summed E-state index contributed by atoms with van der Waals surface area (Å²) in [4.78, 5) is 37.2. The summed E-state index contributed by atoms with van der Waals surface area (Å²) >= 11 is 0. The van der Waals surface area contributed by atoms with E-state index >= 15 is 0 Å². The van der Waals surface area contributed by atoms with Crippen molar-refractivity contribution in [2.75, 3.05) is 32.7 Å². The molecule has 1 unspecified atom stereocenters. The summed E-state index contributed by atoms with van der Waals surface area (Å²) in [5.41, 5.74) is 0.853. The summed E-state index contributed by atoms with van der Waals surface area (Å²) in [6.45, 7) is 5.96. The van der Waals surface area contributed by atoms with Crippen molar-refractivity contribution in [1.29, 1.82) is 0 Å². The molecule has 1 atom stereocenters. The number of nitrogens with one attached hydrogen (secondary N) is 3. The second kappa shape index (κ2) is 12.3. The fourth-order valence-corrected chi connectivity index (χ4v) is 2.95. The zero-order chi connectivity index (χ0) is 24.4. The normalized spacial score (nSPS) is 11.3. The van der Waals surface area contributed by atoms with Gasteiger partial charge in [-0.05, 0) is 49.2 Å². The minimum Gasteiger partial charge on any atom is -0.497 e. The number of hydrogen-bond donors (Lipinski definition) is 3. The Balaban J connectivity index is 2.04. The molecule has 3 N–H and O–H groups in total. The molecule has 0 bridgehead atoms. The maximum absolute atomic E-state index is 12.9. The van der Waals surface area contributed by atoms with Crippen LogP contribution in [0.4, 0.5) is 5.69 Å². The molecule has 2 rings (SSSR count). The number of ether oxygens (including phenoxy) is 3. The van der Waals surface area contributed by atoms with Crippen molar-refractivity contribution >= 4 is 23.4 Å². The average Bonchev–Trinajstić information content (AvgIpc) is 2.81. The Labute approximate surface area is 193 Å². The maximum Gasteiger partial charge on any atom is 0.257 e. The molecule has 0 aliphatic rings. The van der Waals surface area contributed by atoms with Crippen LogP contribution in [0.25, 0.3) is 0 Å². The summed E-state index contributed by atoms with van der Waals surface area (Å²) < 4.78 is 15.8. The molecule has 0 fully saturated rings. The molecule has 0 saturated carbocycles. The lowest BCUT2D eigenvalue weighted by molar-refractivity contribution is -0.123. The summed E-state index contributed by atoms with van der Waals surface area (Å²) in [7, 11) is 2.99. The van der Waals surface area contributed by atoms with Crippen molar-refractivity contribution in [3.05, 3.63) is 48.0 Å². The first-order valence-electron chi connectivity index (χ1n) is 10.6. The van der Waals surface area contributed by atoms with Crippen LogP contribution in [0.2, 0.25) is 0 Å². The lowest BCUT2D eigenvalue weighted by Gasteiger charge is -2.22. The Morgan fingerprint density at radius 1 is 0.909 bits per heavy atom. The van der Waals surface area contributed by atoms with Gasteiger partial charge in [0.1, 0.15) is 23.3 Å². The van der Waals surface area contributed by atoms with E-state index in [1.807, 2.05) is 20.8 Å². The van der Waals surface area contributed by atoms with Gasteiger partial charge in [0.2, 0.25) is 5.91 Å². The number of methoxy groups -OCH3 is 2. The molecular weight excluding hydrogens is 426 g/mol. The van der Waals surface area contributed by atoms with Crippen LogP contribution < -0.4 is 30.2 Å². The van der Waals surface area contributed by atoms with Crippen molar-refractivity contribution in [3.8, 4) is 17.2 Å². The molecule has 0 spiro atoms. The Bertz CT molecular complexity index is 937. The van der Waals surface area contributed by atoms with E-state index in [2.05, 4.69) is 16.0 Å². The topological polar surface area (TPSA) is 115 Å². The fourth-order valence-electron chi connectivity index (χ4n) is 2.95. The third-order valence-corrected chi connectivity index (χ3v) is 4.72. The van der Waals surface area contributed by atoms with E-state index in [4.69, 9.17) is 14.2 Å². The van der Waals surface area contributed by atoms with E-state index in [1.54, 1.807) is 42.5 Å². The molecule has 9 nitrogen and oxygen atoms in total. The monoisotopic (exact) mass is 457 g/mol. The lowest BCUT2D eigenvalue weighted by atomic mass is 10.0. The summed E-state index contributed by atoms with van der Waals surface area (Å²) in [6, 6.07) is 10.7. The van der Waals surface area contributed by atoms with Crippen LogP contribution in [0.15, 0.2) is 42.5 Å². The van der Waals surface area contributed by atoms with Gasteiger partial charge < -0.3 is 30.2 Å². The number of rotatable bonds is 11. The van der Waals surface area contributed by atoms with Crippen LogP contribution in [-0.2, 0) is 9.59 Å². The molecule has 2 aromatic rings. The predicted molar refractivity (Wildman–Crippen MR) is 125 cm³/mol. The minimum atomic E-state index is -0.775. The molecule has 3 amide bonds. The zero-order valence-electron chi connectivity index (χ0n) is 19.6. The Morgan fingerprint density at radius 3 is 2.03 bits per heavy atom. The van der Waals surface area contributed by atoms with Gasteiger partial charge >= 0.3 is 0 Å². The minimum absolute atomic E-state index is 0.0872. The van der Waals surface area contributed by atoms with Gasteiger partial charge in [-0.15, -0.1) is 0 Å². The van der Waals surface area contributed by atoms with Gasteiger partial charge in [0, 0.05) is 23.9 Å². The van der Waals surface area contributed by atoms with Crippen molar-refractivity contribution in [2.45, 2.75) is 26.8 Å². The SMILES string of the molecule is CCNC(=O)COc1ccc(NC(=O)C(NC(=O)c2cc(OC)cc(OC)c2)C(C)C)cc1. The van der Waals surface area contributed by atoms with Gasteiger partial charge in [-0.2, -0.15) is 0 Å². The molecule has 0 radical (unpaired) electrons. The molecule has 178 valence electrons. The quantitative estimate of drug-likeness (QED) is 0.478. The number of carbonyl (C=O) groups excluding carboxylic acids is 3. The Morgan fingerprint density at radius 2 is 1.52 bits per heavy atom. The molecule has 0 aliphatic heterocycles. The number of amides is 3. The molecule has 0 aromatic heterocycles. The van der Waals surface area contributed by atoms with Crippen molar-refractivity contribution in [1.82, 2.24) is 10.6 Å². The van der Waals surface area contributed by atoms with Crippen molar-refractivity contribution < 1.29 is 28.6 Å². The largest absolute Gasteiger partial charge is 0.497 e. The van der Waals surface area contributed by atoms with Crippen molar-refractivity contribution in [2.24, 2.45) is 5.92 Å². The van der Waals surface area contributed by atoms with Crippen LogP contribution in [-0.4, -0.2) is 51.1 Å². The van der Waals surface area contributed by atoms with E-state index < -0.39 is 11.9 Å². The molecular formula is C24H31N3O6. The first kappa shape index (κ1) is 25.5. The van der Waals surface area contributed by atoms with Gasteiger partial charge in [0.25, 0.3) is 11.8 Å². The Kier molecular flexibility index (Phi) is 9.53. The fraction of sp³-hybridized carbons (Fsp3) is 0.375. The van der Waals surface area contributed by atoms with Crippen LogP contribution in [0.1, 0.15) is 31.1 Å². The lowest BCUT2D eigenvalue weighted by Crippen LogP contribution is -2.47. The second-order valence-electron chi connectivity index (χ2n) is 7.55. The van der Waals surface area contributed by atoms with Gasteiger partial charge in [-0.1, -0.05) is 13.8 Å². The van der Waals surface area contributed by atoms with Crippen LogP contribution >= 0.6 is 0 Å². The molecule has 33 heavy (non-hydrogen) atoms. The maximum atomic E-state index is 12.9. The number of benzene rings is 2. The number of anilines is 1. The van der Waals surface area contributed by atoms with Gasteiger partial charge in [-0.3, -0.25) is 14.4 Å².